The normalized spacial score (nSPS) is 12.6. The molecule has 146 valence electrons. The lowest BCUT2D eigenvalue weighted by atomic mass is 10.1. The van der Waals surface area contributed by atoms with E-state index in [-0.39, 0.29) is 0 Å². The molecule has 1 rings (SSSR count). The lowest BCUT2D eigenvalue weighted by Crippen LogP contribution is -2.28. The molecule has 0 saturated heterocycles. The van der Waals surface area contributed by atoms with Crippen LogP contribution < -0.4 is 10.0 Å². The first kappa shape index (κ1) is 21.8. The number of alkyl halides is 6. The Morgan fingerprint density at radius 1 is 1.15 bits per heavy atom. The van der Waals surface area contributed by atoms with Gasteiger partial charge in [0.05, 0.1) is 23.1 Å². The largest absolute Gasteiger partial charge is 0.416 e. The van der Waals surface area contributed by atoms with Gasteiger partial charge in [-0.05, 0) is 24.6 Å². The topological polar surface area (TPSA) is 75.3 Å². The Balaban J connectivity index is 3.03. The van der Waals surface area contributed by atoms with Crippen LogP contribution in [-0.4, -0.2) is 33.3 Å². The van der Waals surface area contributed by atoms with E-state index in [9.17, 15) is 39.6 Å². The lowest BCUT2D eigenvalue weighted by molar-refractivity contribution is -0.137. The lowest BCUT2D eigenvalue weighted by Gasteiger charge is -2.15. The van der Waals surface area contributed by atoms with E-state index in [1.807, 2.05) is 0 Å². The van der Waals surface area contributed by atoms with Gasteiger partial charge in [-0.1, -0.05) is 6.58 Å². The van der Waals surface area contributed by atoms with Gasteiger partial charge < -0.3 is 5.32 Å². The smallest absolute Gasteiger partial charge is 0.352 e. The van der Waals surface area contributed by atoms with Gasteiger partial charge in [-0.2, -0.15) is 26.3 Å². The fraction of sp³-hybridized carbons (Fsp3) is 0.357. The Hall–Kier alpha value is -2.24. The highest BCUT2D eigenvalue weighted by Gasteiger charge is 2.33. The molecule has 5 nitrogen and oxygen atoms in total. The van der Waals surface area contributed by atoms with Gasteiger partial charge in [0.15, 0.2) is 0 Å². The molecule has 1 aromatic rings. The summed E-state index contributed by atoms with van der Waals surface area (Å²) in [5.74, 6) is -1.04. The highest BCUT2D eigenvalue weighted by atomic mass is 32.2. The molecular weight excluding hydrogens is 390 g/mol. The van der Waals surface area contributed by atoms with Crippen LogP contribution in [0, 0.1) is 0 Å². The van der Waals surface area contributed by atoms with Crippen LogP contribution in [0.5, 0.6) is 0 Å². The third-order valence-electron chi connectivity index (χ3n) is 3.00. The summed E-state index contributed by atoms with van der Waals surface area (Å²) in [6.07, 6.45) is -9.39. The quantitative estimate of drug-likeness (QED) is 0.564. The van der Waals surface area contributed by atoms with Gasteiger partial charge in [-0.3, -0.25) is 9.52 Å². The Labute approximate surface area is 145 Å². The molecule has 0 aliphatic rings. The molecule has 0 aliphatic carbocycles. The third-order valence-corrected chi connectivity index (χ3v) is 3.59. The van der Waals surface area contributed by atoms with E-state index < -0.39 is 63.6 Å². The standard InChI is InChI=1S/C14H14F6N2O3S/c1-8(13(15,16)17)5-6-21-12(23)10-4-3-9(14(18,19)20)7-11(10)22-26(2,24)25/h3-4,7,22H,1,5-6H2,2H3,(H,21,23). The number of hydrogen-bond acceptors (Lipinski definition) is 3. The van der Waals surface area contributed by atoms with Crippen LogP contribution in [0.1, 0.15) is 22.3 Å². The summed E-state index contributed by atoms with van der Waals surface area (Å²) in [5.41, 5.74) is -3.42. The molecule has 0 saturated carbocycles. The third kappa shape index (κ3) is 6.58. The van der Waals surface area contributed by atoms with E-state index in [1.54, 1.807) is 4.72 Å². The average molecular weight is 404 g/mol. The number of carbonyl (C=O) groups is 1. The van der Waals surface area contributed by atoms with E-state index >= 15 is 0 Å². The minimum absolute atomic E-state index is 0.421. The van der Waals surface area contributed by atoms with Gasteiger partial charge in [0.1, 0.15) is 0 Å². The number of amides is 1. The van der Waals surface area contributed by atoms with Gasteiger partial charge in [0.25, 0.3) is 5.91 Å². The minimum Gasteiger partial charge on any atom is -0.352 e. The van der Waals surface area contributed by atoms with Crippen LogP contribution in [-0.2, 0) is 16.2 Å². The van der Waals surface area contributed by atoms with Crippen molar-refractivity contribution in [2.45, 2.75) is 18.8 Å². The maximum atomic E-state index is 12.7. The number of nitrogens with one attached hydrogen (secondary N) is 2. The van der Waals surface area contributed by atoms with Crippen LogP contribution in [0.3, 0.4) is 0 Å². The minimum atomic E-state index is -4.78. The fourth-order valence-corrected chi connectivity index (χ4v) is 2.33. The Kier molecular flexibility index (Phi) is 6.34. The predicted octanol–water partition coefficient (Wildman–Crippen LogP) is 3.32. The highest BCUT2D eigenvalue weighted by molar-refractivity contribution is 7.92. The zero-order chi connectivity index (χ0) is 20.3. The number of sulfonamides is 1. The highest BCUT2D eigenvalue weighted by Crippen LogP contribution is 2.32. The first-order valence-corrected chi connectivity index (χ1v) is 8.72. The summed E-state index contributed by atoms with van der Waals surface area (Å²) in [6, 6.07) is 1.70. The summed E-state index contributed by atoms with van der Waals surface area (Å²) < 4.78 is 99.5. The second-order valence-electron chi connectivity index (χ2n) is 5.24. The van der Waals surface area contributed by atoms with Crippen molar-refractivity contribution in [3.05, 3.63) is 41.5 Å². The maximum Gasteiger partial charge on any atom is 0.416 e. The van der Waals surface area contributed by atoms with Crippen molar-refractivity contribution in [1.82, 2.24) is 5.32 Å². The summed E-state index contributed by atoms with van der Waals surface area (Å²) in [5, 5.41) is 2.07. The van der Waals surface area contributed by atoms with Gasteiger partial charge in [-0.15, -0.1) is 0 Å². The van der Waals surface area contributed by atoms with E-state index in [4.69, 9.17) is 0 Å². The van der Waals surface area contributed by atoms with Crippen LogP contribution in [0.15, 0.2) is 30.4 Å². The maximum absolute atomic E-state index is 12.7. The van der Waals surface area contributed by atoms with Gasteiger partial charge in [-0.25, -0.2) is 8.42 Å². The molecule has 12 heteroatoms. The van der Waals surface area contributed by atoms with Gasteiger partial charge in [0.2, 0.25) is 10.0 Å². The van der Waals surface area contributed by atoms with Gasteiger partial charge >= 0.3 is 12.4 Å². The zero-order valence-corrected chi connectivity index (χ0v) is 14.1. The number of hydrogen-bond donors (Lipinski definition) is 2. The van der Waals surface area contributed by atoms with E-state index in [1.165, 1.54) is 0 Å². The summed E-state index contributed by atoms with van der Waals surface area (Å²) in [4.78, 5) is 12.0. The molecule has 0 atom stereocenters. The molecule has 1 aromatic carbocycles. The van der Waals surface area contributed by atoms with Crippen molar-refractivity contribution in [3.8, 4) is 0 Å². The van der Waals surface area contributed by atoms with Crippen molar-refractivity contribution in [1.29, 1.82) is 0 Å². The fourth-order valence-electron chi connectivity index (χ4n) is 1.77. The summed E-state index contributed by atoms with van der Waals surface area (Å²) >= 11 is 0. The number of benzene rings is 1. The molecule has 0 unspecified atom stereocenters. The van der Waals surface area contributed by atoms with Crippen molar-refractivity contribution >= 4 is 21.6 Å². The number of carbonyl (C=O) groups excluding carboxylic acids is 1. The van der Waals surface area contributed by atoms with E-state index in [0.717, 1.165) is 6.07 Å². The van der Waals surface area contributed by atoms with Crippen molar-refractivity contribution in [3.63, 3.8) is 0 Å². The first-order chi connectivity index (χ1) is 11.6. The van der Waals surface area contributed by atoms with Crippen molar-refractivity contribution < 1.29 is 39.6 Å². The van der Waals surface area contributed by atoms with Crippen LogP contribution in [0.25, 0.3) is 0 Å². The Morgan fingerprint density at radius 3 is 2.19 bits per heavy atom. The monoisotopic (exact) mass is 404 g/mol. The molecule has 1 amide bonds. The van der Waals surface area contributed by atoms with Crippen LogP contribution in [0.4, 0.5) is 32.0 Å². The molecule has 0 spiro atoms. The summed E-state index contributed by atoms with van der Waals surface area (Å²) in [6.45, 7) is 2.32. The van der Waals surface area contributed by atoms with Crippen molar-refractivity contribution in [2.24, 2.45) is 0 Å². The number of halogens is 6. The van der Waals surface area contributed by atoms with Crippen molar-refractivity contribution in [2.75, 3.05) is 17.5 Å². The SMILES string of the molecule is C=C(CCNC(=O)c1ccc(C(F)(F)F)cc1NS(C)(=O)=O)C(F)(F)F. The number of anilines is 1. The van der Waals surface area contributed by atoms with E-state index in [0.29, 0.717) is 18.4 Å². The van der Waals surface area contributed by atoms with Crippen LogP contribution >= 0.6 is 0 Å². The molecule has 0 fully saturated rings. The molecule has 0 aliphatic heterocycles. The van der Waals surface area contributed by atoms with Crippen LogP contribution in [0.2, 0.25) is 0 Å². The first-order valence-electron chi connectivity index (χ1n) is 6.83. The molecular formula is C14H14F6N2O3S. The molecule has 0 bridgehead atoms. The number of rotatable bonds is 6. The molecule has 0 radical (unpaired) electrons. The average Bonchev–Trinajstić information content (AvgIpc) is 2.43. The second kappa shape index (κ2) is 7.56. The molecule has 2 N–H and O–H groups in total. The van der Waals surface area contributed by atoms with Gasteiger partial charge in [0, 0.05) is 12.1 Å². The summed E-state index contributed by atoms with van der Waals surface area (Å²) in [7, 11) is -4.01. The predicted molar refractivity (Wildman–Crippen MR) is 82.1 cm³/mol. The second-order valence-corrected chi connectivity index (χ2v) is 6.99. The molecule has 26 heavy (non-hydrogen) atoms. The van der Waals surface area contributed by atoms with E-state index in [2.05, 4.69) is 11.9 Å². The Morgan fingerprint density at radius 2 is 1.73 bits per heavy atom. The molecule has 0 heterocycles. The Bertz CT molecular complexity index is 800. The molecule has 0 aromatic heterocycles. The zero-order valence-electron chi connectivity index (χ0n) is 13.3.